The summed E-state index contributed by atoms with van der Waals surface area (Å²) >= 11 is 1.74. The van der Waals surface area contributed by atoms with Crippen LogP contribution in [0.25, 0.3) is 5.57 Å². The van der Waals surface area contributed by atoms with E-state index in [9.17, 15) is 10.1 Å². The van der Waals surface area contributed by atoms with Gasteiger partial charge in [0, 0.05) is 48.5 Å². The Bertz CT molecular complexity index is 826. The molecule has 2 aliphatic heterocycles. The van der Waals surface area contributed by atoms with Crippen molar-refractivity contribution in [3.8, 4) is 6.07 Å². The topological polar surface area (TPSA) is 68.5 Å². The summed E-state index contributed by atoms with van der Waals surface area (Å²) in [7, 11) is 0. The van der Waals surface area contributed by atoms with Gasteiger partial charge in [-0.2, -0.15) is 5.26 Å². The van der Waals surface area contributed by atoms with Crippen molar-refractivity contribution in [3.63, 3.8) is 0 Å². The van der Waals surface area contributed by atoms with Crippen molar-refractivity contribution in [2.24, 2.45) is 4.99 Å². The van der Waals surface area contributed by atoms with Gasteiger partial charge in [0.15, 0.2) is 0 Å². The van der Waals surface area contributed by atoms with Gasteiger partial charge in [-0.25, -0.2) is 0 Å². The molecule has 0 aromatic carbocycles. The molecule has 2 atom stereocenters. The third-order valence-electron chi connectivity index (χ3n) is 4.72. The van der Waals surface area contributed by atoms with Crippen molar-refractivity contribution < 1.29 is 4.79 Å². The van der Waals surface area contributed by atoms with Gasteiger partial charge in [-0.1, -0.05) is 6.08 Å². The van der Waals surface area contributed by atoms with Crippen LogP contribution in [0.4, 0.5) is 0 Å². The minimum atomic E-state index is 0.0185. The van der Waals surface area contributed by atoms with Crippen molar-refractivity contribution in [2.75, 3.05) is 13.1 Å². The molecule has 3 aliphatic rings. The number of likely N-dealkylation sites (tertiary alicyclic amines) is 1. The molecule has 2 unspecified atom stereocenters. The first-order valence-corrected chi connectivity index (χ1v) is 9.02. The Labute approximate surface area is 145 Å². The van der Waals surface area contributed by atoms with Gasteiger partial charge in [-0.15, -0.1) is 11.3 Å². The van der Waals surface area contributed by atoms with E-state index in [1.165, 1.54) is 16.0 Å². The second-order valence-electron chi connectivity index (χ2n) is 6.39. The molecule has 4 rings (SSSR count). The van der Waals surface area contributed by atoms with Crippen molar-refractivity contribution in [1.29, 1.82) is 5.26 Å². The lowest BCUT2D eigenvalue weighted by Gasteiger charge is -2.30. The number of nitrogens with zero attached hydrogens (tertiary/aromatic N) is 3. The van der Waals surface area contributed by atoms with Gasteiger partial charge in [-0.3, -0.25) is 9.79 Å². The Kier molecular flexibility index (Phi) is 3.73. The summed E-state index contributed by atoms with van der Waals surface area (Å²) in [6.07, 6.45) is 5.58. The number of thiophene rings is 1. The van der Waals surface area contributed by atoms with Crippen LogP contribution in [0.2, 0.25) is 0 Å². The third kappa shape index (κ3) is 2.55. The number of aliphatic imine (C=N–C) groups is 1. The van der Waals surface area contributed by atoms with Crippen LogP contribution in [0.15, 0.2) is 34.2 Å². The predicted octanol–water partition coefficient (Wildman–Crippen LogP) is 2.32. The maximum Gasteiger partial charge on any atom is 0.217 e. The highest BCUT2D eigenvalue weighted by atomic mass is 32.1. The zero-order chi connectivity index (χ0) is 16.7. The highest BCUT2D eigenvalue weighted by Gasteiger charge is 2.34. The lowest BCUT2D eigenvalue weighted by Crippen LogP contribution is -2.39. The smallest absolute Gasteiger partial charge is 0.217 e. The summed E-state index contributed by atoms with van der Waals surface area (Å²) < 4.78 is 0. The lowest BCUT2D eigenvalue weighted by atomic mass is 9.89. The summed E-state index contributed by atoms with van der Waals surface area (Å²) in [5, 5.41) is 14.3. The molecule has 24 heavy (non-hydrogen) atoms. The standard InChI is InChI=1S/C18H18N4OS/c1-11(23)20-13-4-6-22(10-13)18-15-5-7-24-17(15)14-3-2-12(9-19)8-16(14)21-18/h2-3,5,7,13,16H,4,6,8,10H2,1H3,(H,20,23). The SMILES string of the molecule is CC(=O)NC1CCN(C2=NC3CC(C#N)=CC=C3c3sccc32)C1. The summed E-state index contributed by atoms with van der Waals surface area (Å²) in [6, 6.07) is 4.61. The average Bonchev–Trinajstić information content (AvgIpc) is 3.22. The van der Waals surface area contributed by atoms with E-state index in [1.807, 2.05) is 12.2 Å². The minimum absolute atomic E-state index is 0.0185. The summed E-state index contributed by atoms with van der Waals surface area (Å²) in [5.74, 6) is 1.03. The number of fused-ring (bicyclic) bond motifs is 3. The summed E-state index contributed by atoms with van der Waals surface area (Å²) in [4.78, 5) is 19.8. The molecule has 0 bridgehead atoms. The Morgan fingerprint density at radius 2 is 2.38 bits per heavy atom. The molecule has 0 radical (unpaired) electrons. The van der Waals surface area contributed by atoms with Crippen LogP contribution in [-0.4, -0.2) is 41.8 Å². The number of amides is 1. The largest absolute Gasteiger partial charge is 0.354 e. The monoisotopic (exact) mass is 338 g/mol. The maximum absolute atomic E-state index is 11.3. The number of hydrogen-bond donors (Lipinski definition) is 1. The highest BCUT2D eigenvalue weighted by molar-refractivity contribution is 7.11. The van der Waals surface area contributed by atoms with Gasteiger partial charge in [0.2, 0.25) is 5.91 Å². The molecule has 1 aromatic heterocycles. The van der Waals surface area contributed by atoms with E-state index in [0.29, 0.717) is 6.42 Å². The van der Waals surface area contributed by atoms with E-state index >= 15 is 0 Å². The van der Waals surface area contributed by atoms with Crippen molar-refractivity contribution in [3.05, 3.63) is 39.6 Å². The molecule has 1 saturated heterocycles. The number of carbonyl (C=O) groups is 1. The lowest BCUT2D eigenvalue weighted by molar-refractivity contribution is -0.119. The Morgan fingerprint density at radius 3 is 3.17 bits per heavy atom. The van der Waals surface area contributed by atoms with Gasteiger partial charge in [0.25, 0.3) is 0 Å². The molecular weight excluding hydrogens is 320 g/mol. The van der Waals surface area contributed by atoms with Crippen LogP contribution < -0.4 is 5.32 Å². The molecular formula is C18H18N4OS. The van der Waals surface area contributed by atoms with Crippen LogP contribution in [0.1, 0.15) is 30.2 Å². The van der Waals surface area contributed by atoms with Gasteiger partial charge in [0.05, 0.1) is 12.1 Å². The fraction of sp³-hybridized carbons (Fsp3) is 0.389. The molecule has 6 heteroatoms. The number of amidine groups is 1. The first-order valence-electron chi connectivity index (χ1n) is 8.14. The van der Waals surface area contributed by atoms with E-state index in [4.69, 9.17) is 4.99 Å². The zero-order valence-electron chi connectivity index (χ0n) is 13.5. The fourth-order valence-corrected chi connectivity index (χ4v) is 4.62. The quantitative estimate of drug-likeness (QED) is 0.854. The van der Waals surface area contributed by atoms with E-state index in [-0.39, 0.29) is 18.0 Å². The Morgan fingerprint density at radius 1 is 1.50 bits per heavy atom. The van der Waals surface area contributed by atoms with E-state index in [0.717, 1.165) is 30.9 Å². The number of rotatable bonds is 1. The minimum Gasteiger partial charge on any atom is -0.354 e. The molecule has 5 nitrogen and oxygen atoms in total. The van der Waals surface area contributed by atoms with Crippen molar-refractivity contribution >= 4 is 28.7 Å². The highest BCUT2D eigenvalue weighted by Crippen LogP contribution is 2.39. The van der Waals surface area contributed by atoms with E-state index < -0.39 is 0 Å². The second kappa shape index (κ2) is 5.91. The zero-order valence-corrected chi connectivity index (χ0v) is 14.3. The number of carbonyl (C=O) groups excluding carboxylic acids is 1. The fourth-order valence-electron chi connectivity index (χ4n) is 3.65. The van der Waals surface area contributed by atoms with E-state index in [1.54, 1.807) is 18.3 Å². The second-order valence-corrected chi connectivity index (χ2v) is 7.31. The maximum atomic E-state index is 11.3. The van der Waals surface area contributed by atoms with Crippen LogP contribution in [0, 0.1) is 11.3 Å². The summed E-state index contributed by atoms with van der Waals surface area (Å²) in [6.45, 7) is 3.25. The van der Waals surface area contributed by atoms with Gasteiger partial charge in [0.1, 0.15) is 5.84 Å². The molecule has 122 valence electrons. The first-order chi connectivity index (χ1) is 11.7. The van der Waals surface area contributed by atoms with Crippen LogP contribution in [-0.2, 0) is 4.79 Å². The van der Waals surface area contributed by atoms with Crippen molar-refractivity contribution in [2.45, 2.75) is 31.8 Å². The summed E-state index contributed by atoms with van der Waals surface area (Å²) in [5.41, 5.74) is 3.18. The molecule has 1 fully saturated rings. The van der Waals surface area contributed by atoms with Crippen LogP contribution in [0.5, 0.6) is 0 Å². The molecule has 1 N–H and O–H groups in total. The predicted molar refractivity (Wildman–Crippen MR) is 94.7 cm³/mol. The number of allylic oxidation sites excluding steroid dienone is 2. The molecule has 0 saturated carbocycles. The average molecular weight is 338 g/mol. The van der Waals surface area contributed by atoms with E-state index in [2.05, 4.69) is 27.7 Å². The number of nitrogens with one attached hydrogen (secondary N) is 1. The molecule has 0 spiro atoms. The normalized spacial score (nSPS) is 25.0. The van der Waals surface area contributed by atoms with Gasteiger partial charge >= 0.3 is 0 Å². The molecule has 1 aliphatic carbocycles. The number of hydrogen-bond acceptors (Lipinski definition) is 5. The van der Waals surface area contributed by atoms with Crippen molar-refractivity contribution in [1.82, 2.24) is 10.2 Å². The Balaban J connectivity index is 1.65. The van der Waals surface area contributed by atoms with Crippen LogP contribution >= 0.6 is 11.3 Å². The Hall–Kier alpha value is -2.39. The van der Waals surface area contributed by atoms with Gasteiger partial charge in [-0.05, 0) is 29.5 Å². The molecule has 1 amide bonds. The first kappa shape index (κ1) is 15.2. The molecule has 1 aromatic rings. The van der Waals surface area contributed by atoms with Gasteiger partial charge < -0.3 is 10.2 Å². The van der Waals surface area contributed by atoms with Crippen LogP contribution in [0.3, 0.4) is 0 Å². The molecule has 3 heterocycles. The third-order valence-corrected chi connectivity index (χ3v) is 5.69. The number of nitriles is 1.